The second kappa shape index (κ2) is 4.88. The minimum absolute atomic E-state index is 0. The molecule has 57 valence electrons. The number of hydrogen-bond donors (Lipinski definition) is 0. The van der Waals surface area contributed by atoms with Crippen LogP contribution in [0, 0.1) is 17.8 Å². The number of hydrogen-bond acceptors (Lipinski definition) is 0. The van der Waals surface area contributed by atoms with Crippen LogP contribution in [0.3, 0.4) is 0 Å². The van der Waals surface area contributed by atoms with Gasteiger partial charge in [0.15, 0.2) is 0 Å². The van der Waals surface area contributed by atoms with Crippen molar-refractivity contribution in [2.24, 2.45) is 17.8 Å². The van der Waals surface area contributed by atoms with Gasteiger partial charge >= 0.3 is 0 Å². The van der Waals surface area contributed by atoms with Crippen molar-refractivity contribution < 1.29 is 32.7 Å². The van der Waals surface area contributed by atoms with Crippen molar-refractivity contribution in [3.05, 3.63) is 0 Å². The zero-order valence-corrected chi connectivity index (χ0v) is 10.3. The van der Waals surface area contributed by atoms with E-state index in [0.29, 0.717) is 0 Å². The molecule has 0 amide bonds. The van der Waals surface area contributed by atoms with E-state index in [2.05, 4.69) is 20.8 Å². The van der Waals surface area contributed by atoms with Crippen molar-refractivity contribution in [2.75, 3.05) is 0 Å². The van der Waals surface area contributed by atoms with Gasteiger partial charge in [-0.1, -0.05) is 33.6 Å². The molecule has 0 aromatic rings. The maximum atomic E-state index is 2.39. The Balaban J connectivity index is 0.000000810. The molecule has 3 atom stereocenters. The van der Waals surface area contributed by atoms with Crippen LogP contribution < -0.4 is 0 Å². The Morgan fingerprint density at radius 3 is 1.90 bits per heavy atom. The van der Waals surface area contributed by atoms with Crippen LogP contribution in [0.5, 0.6) is 0 Å². The molecule has 1 fully saturated rings. The van der Waals surface area contributed by atoms with Gasteiger partial charge in [0.1, 0.15) is 0 Å². The second-order valence-electron chi connectivity index (χ2n) is 3.87. The van der Waals surface area contributed by atoms with Crippen molar-refractivity contribution >= 4 is 0 Å². The molecule has 0 aromatic heterocycles. The van der Waals surface area contributed by atoms with Crippen molar-refractivity contribution in [3.63, 3.8) is 0 Å². The molecule has 1 aliphatic rings. The molecule has 1 radical (unpaired) electrons. The molecule has 3 unspecified atom stereocenters. The van der Waals surface area contributed by atoms with Crippen LogP contribution in [0.25, 0.3) is 0 Å². The van der Waals surface area contributed by atoms with E-state index in [4.69, 9.17) is 0 Å². The van der Waals surface area contributed by atoms with Crippen LogP contribution in [-0.4, -0.2) is 0 Å². The standard InChI is InChI=1S/C9H18.Y/c1-7-4-5-8(2)9(3)6-7;/h7-9H,4-6H2,1-3H3;. The molecule has 1 aliphatic carbocycles. The first-order valence-electron chi connectivity index (χ1n) is 4.20. The summed E-state index contributed by atoms with van der Waals surface area (Å²) in [5, 5.41) is 0. The minimum atomic E-state index is 0. The first kappa shape index (κ1) is 11.1. The van der Waals surface area contributed by atoms with E-state index in [9.17, 15) is 0 Å². The van der Waals surface area contributed by atoms with E-state index >= 15 is 0 Å². The van der Waals surface area contributed by atoms with Crippen LogP contribution in [-0.2, 0) is 32.7 Å². The first-order chi connectivity index (χ1) is 4.20. The molecule has 0 heterocycles. The van der Waals surface area contributed by atoms with Gasteiger partial charge in [0, 0.05) is 32.7 Å². The molecule has 1 saturated carbocycles. The maximum absolute atomic E-state index is 2.39. The quantitative estimate of drug-likeness (QED) is 0.582. The molecule has 0 N–H and O–H groups in total. The van der Waals surface area contributed by atoms with Crippen LogP contribution in [0.1, 0.15) is 40.0 Å². The van der Waals surface area contributed by atoms with Crippen LogP contribution in [0.4, 0.5) is 0 Å². The second-order valence-corrected chi connectivity index (χ2v) is 3.87. The van der Waals surface area contributed by atoms with Gasteiger partial charge < -0.3 is 0 Å². The Bertz CT molecular complexity index is 90.7. The molecule has 0 spiro atoms. The van der Waals surface area contributed by atoms with E-state index in [1.165, 1.54) is 19.3 Å². The summed E-state index contributed by atoms with van der Waals surface area (Å²) in [6.07, 6.45) is 4.38. The topological polar surface area (TPSA) is 0 Å². The largest absolute Gasteiger partial charge is 0.0625 e. The average Bonchev–Trinajstić information content (AvgIpc) is 1.80. The molecule has 0 bridgehead atoms. The third-order valence-electron chi connectivity index (χ3n) is 2.86. The molecule has 1 heteroatoms. The van der Waals surface area contributed by atoms with Gasteiger partial charge in [-0.05, 0) is 24.2 Å². The van der Waals surface area contributed by atoms with Gasteiger partial charge in [-0.3, -0.25) is 0 Å². The third kappa shape index (κ3) is 3.01. The first-order valence-corrected chi connectivity index (χ1v) is 4.20. The predicted octanol–water partition coefficient (Wildman–Crippen LogP) is 3.08. The molecular formula is C9H18Y. The summed E-state index contributed by atoms with van der Waals surface area (Å²) in [5.41, 5.74) is 0. The van der Waals surface area contributed by atoms with E-state index in [1.54, 1.807) is 0 Å². The Hall–Kier alpha value is 1.10. The van der Waals surface area contributed by atoms with Crippen molar-refractivity contribution in [3.8, 4) is 0 Å². The van der Waals surface area contributed by atoms with E-state index in [-0.39, 0.29) is 32.7 Å². The fraction of sp³-hybridized carbons (Fsp3) is 1.00. The Morgan fingerprint density at radius 1 is 0.900 bits per heavy atom. The van der Waals surface area contributed by atoms with Gasteiger partial charge in [-0.25, -0.2) is 0 Å². The summed E-state index contributed by atoms with van der Waals surface area (Å²) in [6, 6.07) is 0. The fourth-order valence-corrected chi connectivity index (χ4v) is 1.82. The van der Waals surface area contributed by atoms with Crippen molar-refractivity contribution in [1.29, 1.82) is 0 Å². The molecule has 0 nitrogen and oxygen atoms in total. The zero-order chi connectivity index (χ0) is 6.85. The minimum Gasteiger partial charge on any atom is -0.0625 e. The Kier molecular flexibility index (Phi) is 5.42. The summed E-state index contributed by atoms with van der Waals surface area (Å²) >= 11 is 0. The molecule has 0 aromatic carbocycles. The molecule has 10 heavy (non-hydrogen) atoms. The van der Waals surface area contributed by atoms with Gasteiger partial charge in [0.2, 0.25) is 0 Å². The van der Waals surface area contributed by atoms with Crippen LogP contribution in [0.15, 0.2) is 0 Å². The van der Waals surface area contributed by atoms with Crippen molar-refractivity contribution in [1.82, 2.24) is 0 Å². The smallest absolute Gasteiger partial charge is 0 e. The van der Waals surface area contributed by atoms with Crippen LogP contribution in [0.2, 0.25) is 0 Å². The zero-order valence-electron chi connectivity index (χ0n) is 7.43. The normalized spacial score (nSPS) is 40.5. The molecule has 0 saturated heterocycles. The monoisotopic (exact) mass is 215 g/mol. The Morgan fingerprint density at radius 2 is 1.50 bits per heavy atom. The van der Waals surface area contributed by atoms with Gasteiger partial charge in [0.05, 0.1) is 0 Å². The summed E-state index contributed by atoms with van der Waals surface area (Å²) in [6.45, 7) is 7.15. The SMILES string of the molecule is CC1CCC(C)C(C)C1.[Y]. The number of rotatable bonds is 0. The molecule has 0 aliphatic heterocycles. The van der Waals surface area contributed by atoms with E-state index < -0.39 is 0 Å². The maximum Gasteiger partial charge on any atom is 0 e. The van der Waals surface area contributed by atoms with Gasteiger partial charge in [-0.2, -0.15) is 0 Å². The summed E-state index contributed by atoms with van der Waals surface area (Å²) in [7, 11) is 0. The fourth-order valence-electron chi connectivity index (χ4n) is 1.82. The Labute approximate surface area is 90.0 Å². The average molecular weight is 215 g/mol. The van der Waals surface area contributed by atoms with Crippen LogP contribution >= 0.6 is 0 Å². The summed E-state index contributed by atoms with van der Waals surface area (Å²) < 4.78 is 0. The molecule has 1 rings (SSSR count). The van der Waals surface area contributed by atoms with Gasteiger partial charge in [0.25, 0.3) is 0 Å². The van der Waals surface area contributed by atoms with E-state index in [1.807, 2.05) is 0 Å². The molecular weight excluding hydrogens is 197 g/mol. The van der Waals surface area contributed by atoms with Gasteiger partial charge in [-0.15, -0.1) is 0 Å². The van der Waals surface area contributed by atoms with Crippen molar-refractivity contribution in [2.45, 2.75) is 40.0 Å². The summed E-state index contributed by atoms with van der Waals surface area (Å²) in [5.74, 6) is 2.96. The summed E-state index contributed by atoms with van der Waals surface area (Å²) in [4.78, 5) is 0. The van der Waals surface area contributed by atoms with E-state index in [0.717, 1.165) is 17.8 Å². The third-order valence-corrected chi connectivity index (χ3v) is 2.86. The predicted molar refractivity (Wildman–Crippen MR) is 41.3 cm³/mol.